The van der Waals surface area contributed by atoms with E-state index in [1.807, 2.05) is 0 Å². The topological polar surface area (TPSA) is 17.8 Å². The lowest BCUT2D eigenvalue weighted by Gasteiger charge is -2.26. The van der Waals surface area contributed by atoms with E-state index in [2.05, 4.69) is 36.6 Å². The number of imidazole rings is 1. The van der Waals surface area contributed by atoms with Gasteiger partial charge in [0, 0.05) is 18.3 Å². The highest BCUT2D eigenvalue weighted by Crippen LogP contribution is 2.36. The highest BCUT2D eigenvalue weighted by Gasteiger charge is 2.25. The Labute approximate surface area is 132 Å². The standard InChI is InChI=1S/C18H25ClN2/c1-13-8-9-15-17(12-13)21(18(20-15)10-11-19)16-7-5-3-4-6-14(16)2/h8-9,12,14,16H,3-7,10-11H2,1-2H3. The number of hydrogen-bond donors (Lipinski definition) is 0. The highest BCUT2D eigenvalue weighted by molar-refractivity contribution is 6.17. The van der Waals surface area contributed by atoms with Crippen LogP contribution in [-0.2, 0) is 6.42 Å². The van der Waals surface area contributed by atoms with Gasteiger partial charge in [0.2, 0.25) is 0 Å². The van der Waals surface area contributed by atoms with E-state index in [1.165, 1.54) is 49.0 Å². The zero-order valence-corrected chi connectivity index (χ0v) is 13.9. The first-order valence-electron chi connectivity index (χ1n) is 8.24. The molecule has 2 unspecified atom stereocenters. The zero-order valence-electron chi connectivity index (χ0n) is 13.1. The monoisotopic (exact) mass is 304 g/mol. The zero-order chi connectivity index (χ0) is 14.8. The number of aromatic nitrogens is 2. The van der Waals surface area contributed by atoms with Gasteiger partial charge in [-0.1, -0.05) is 32.3 Å². The molecule has 1 aromatic heterocycles. The Bertz CT molecular complexity index is 617. The van der Waals surface area contributed by atoms with Crippen LogP contribution in [0.15, 0.2) is 18.2 Å². The molecule has 1 fully saturated rings. The van der Waals surface area contributed by atoms with Crippen molar-refractivity contribution in [2.75, 3.05) is 5.88 Å². The molecule has 1 aromatic carbocycles. The van der Waals surface area contributed by atoms with Gasteiger partial charge in [0.1, 0.15) is 5.82 Å². The van der Waals surface area contributed by atoms with Gasteiger partial charge in [-0.3, -0.25) is 0 Å². The molecule has 0 N–H and O–H groups in total. The van der Waals surface area contributed by atoms with E-state index in [9.17, 15) is 0 Å². The minimum Gasteiger partial charge on any atom is -0.325 e. The molecule has 1 aliphatic carbocycles. The Morgan fingerprint density at radius 1 is 1.24 bits per heavy atom. The van der Waals surface area contributed by atoms with Crippen molar-refractivity contribution in [1.82, 2.24) is 9.55 Å². The van der Waals surface area contributed by atoms with Crippen molar-refractivity contribution in [1.29, 1.82) is 0 Å². The first-order valence-corrected chi connectivity index (χ1v) is 8.77. The summed E-state index contributed by atoms with van der Waals surface area (Å²) in [5, 5.41) is 0. The molecule has 114 valence electrons. The molecule has 0 saturated heterocycles. The maximum atomic E-state index is 6.02. The van der Waals surface area contributed by atoms with Crippen molar-refractivity contribution in [3.05, 3.63) is 29.6 Å². The van der Waals surface area contributed by atoms with Crippen LogP contribution in [0.25, 0.3) is 11.0 Å². The van der Waals surface area contributed by atoms with Crippen molar-refractivity contribution < 1.29 is 0 Å². The third-order valence-corrected chi connectivity index (χ3v) is 5.07. The van der Waals surface area contributed by atoms with Gasteiger partial charge in [0.05, 0.1) is 11.0 Å². The highest BCUT2D eigenvalue weighted by atomic mass is 35.5. The fraction of sp³-hybridized carbons (Fsp3) is 0.611. The second-order valence-electron chi connectivity index (χ2n) is 6.51. The fourth-order valence-electron chi connectivity index (χ4n) is 3.74. The van der Waals surface area contributed by atoms with E-state index < -0.39 is 0 Å². The normalized spacial score (nSPS) is 23.4. The molecule has 1 aliphatic rings. The van der Waals surface area contributed by atoms with Crippen LogP contribution in [0.2, 0.25) is 0 Å². The average Bonchev–Trinajstić information content (AvgIpc) is 2.66. The van der Waals surface area contributed by atoms with Crippen LogP contribution in [0.5, 0.6) is 0 Å². The van der Waals surface area contributed by atoms with Crippen LogP contribution in [-0.4, -0.2) is 15.4 Å². The summed E-state index contributed by atoms with van der Waals surface area (Å²) in [5.74, 6) is 2.53. The van der Waals surface area contributed by atoms with Gasteiger partial charge in [0.25, 0.3) is 0 Å². The summed E-state index contributed by atoms with van der Waals surface area (Å²) in [6, 6.07) is 7.18. The van der Waals surface area contributed by atoms with Crippen molar-refractivity contribution in [2.24, 2.45) is 5.92 Å². The number of hydrogen-bond acceptors (Lipinski definition) is 1. The Hall–Kier alpha value is -1.02. The summed E-state index contributed by atoms with van der Waals surface area (Å²) in [6.45, 7) is 4.57. The molecule has 1 heterocycles. The summed E-state index contributed by atoms with van der Waals surface area (Å²) < 4.78 is 2.51. The van der Waals surface area contributed by atoms with Crippen molar-refractivity contribution in [3.8, 4) is 0 Å². The number of rotatable bonds is 3. The van der Waals surface area contributed by atoms with Gasteiger partial charge in [-0.05, 0) is 43.4 Å². The van der Waals surface area contributed by atoms with E-state index in [1.54, 1.807) is 0 Å². The maximum Gasteiger partial charge on any atom is 0.111 e. The molecular weight excluding hydrogens is 280 g/mol. The molecule has 2 aromatic rings. The number of benzene rings is 1. The van der Waals surface area contributed by atoms with Crippen LogP contribution >= 0.6 is 11.6 Å². The number of halogens is 1. The van der Waals surface area contributed by atoms with E-state index in [0.717, 1.165) is 17.9 Å². The van der Waals surface area contributed by atoms with Crippen molar-refractivity contribution in [2.45, 2.75) is 58.4 Å². The fourth-order valence-corrected chi connectivity index (χ4v) is 3.91. The molecule has 3 rings (SSSR count). The van der Waals surface area contributed by atoms with Crippen LogP contribution in [0, 0.1) is 12.8 Å². The Balaban J connectivity index is 2.12. The summed E-state index contributed by atoms with van der Waals surface area (Å²) >= 11 is 6.02. The molecule has 1 saturated carbocycles. The van der Waals surface area contributed by atoms with Gasteiger partial charge in [-0.25, -0.2) is 4.98 Å². The molecule has 0 bridgehead atoms. The maximum absolute atomic E-state index is 6.02. The molecule has 21 heavy (non-hydrogen) atoms. The summed E-state index contributed by atoms with van der Waals surface area (Å²) in [7, 11) is 0. The lowest BCUT2D eigenvalue weighted by atomic mass is 9.96. The predicted octanol–water partition coefficient (Wildman–Crippen LogP) is 5.27. The van der Waals surface area contributed by atoms with E-state index in [4.69, 9.17) is 16.6 Å². The molecule has 0 spiro atoms. The van der Waals surface area contributed by atoms with Crippen LogP contribution in [0.4, 0.5) is 0 Å². The van der Waals surface area contributed by atoms with Gasteiger partial charge >= 0.3 is 0 Å². The van der Waals surface area contributed by atoms with Crippen molar-refractivity contribution in [3.63, 3.8) is 0 Å². The molecule has 0 amide bonds. The largest absolute Gasteiger partial charge is 0.325 e. The second kappa shape index (κ2) is 6.39. The summed E-state index contributed by atoms with van der Waals surface area (Å²) in [4.78, 5) is 4.86. The summed E-state index contributed by atoms with van der Waals surface area (Å²) in [6.07, 6.45) is 7.54. The number of nitrogens with zero attached hydrogens (tertiary/aromatic N) is 2. The average molecular weight is 305 g/mol. The molecule has 0 aliphatic heterocycles. The van der Waals surface area contributed by atoms with Crippen LogP contribution in [0.3, 0.4) is 0 Å². The van der Waals surface area contributed by atoms with Crippen molar-refractivity contribution >= 4 is 22.6 Å². The van der Waals surface area contributed by atoms with E-state index in [-0.39, 0.29) is 0 Å². The van der Waals surface area contributed by atoms with E-state index >= 15 is 0 Å². The first kappa shape index (κ1) is 14.9. The molecule has 3 heteroatoms. The van der Waals surface area contributed by atoms with Gasteiger partial charge in [0.15, 0.2) is 0 Å². The Kier molecular flexibility index (Phi) is 4.54. The van der Waals surface area contributed by atoms with Gasteiger partial charge < -0.3 is 4.57 Å². The second-order valence-corrected chi connectivity index (χ2v) is 6.89. The predicted molar refractivity (Wildman–Crippen MR) is 90.2 cm³/mol. The van der Waals surface area contributed by atoms with Gasteiger partial charge in [-0.15, -0.1) is 11.6 Å². The molecule has 2 nitrogen and oxygen atoms in total. The van der Waals surface area contributed by atoms with Gasteiger partial charge in [-0.2, -0.15) is 0 Å². The lowest BCUT2D eigenvalue weighted by molar-refractivity contribution is 0.333. The molecular formula is C18H25ClN2. The number of alkyl halides is 1. The SMILES string of the molecule is Cc1ccc2nc(CCCl)n(C3CCCCCC3C)c2c1. The number of aryl methyl sites for hydroxylation is 2. The van der Waals surface area contributed by atoms with Crippen LogP contribution < -0.4 is 0 Å². The summed E-state index contributed by atoms with van der Waals surface area (Å²) in [5.41, 5.74) is 3.73. The smallest absolute Gasteiger partial charge is 0.111 e. The quantitative estimate of drug-likeness (QED) is 0.558. The van der Waals surface area contributed by atoms with E-state index in [0.29, 0.717) is 11.9 Å². The minimum atomic E-state index is 0.581. The van der Waals surface area contributed by atoms with Crippen LogP contribution in [0.1, 0.15) is 56.5 Å². The third-order valence-electron chi connectivity index (χ3n) is 4.88. The molecule has 0 radical (unpaired) electrons. The third kappa shape index (κ3) is 2.96. The Morgan fingerprint density at radius 3 is 2.86 bits per heavy atom. The molecule has 2 atom stereocenters. The number of fused-ring (bicyclic) bond motifs is 1. The minimum absolute atomic E-state index is 0.581. The Morgan fingerprint density at radius 2 is 2.05 bits per heavy atom. The first-order chi connectivity index (χ1) is 10.2. The lowest BCUT2D eigenvalue weighted by Crippen LogP contribution is -2.19.